The quantitative estimate of drug-likeness (QED) is 0.118. The molecular formula is C48H41FIrN2O2Si-2. The second-order valence-corrected chi connectivity index (χ2v) is 20.4. The first kappa shape index (κ1) is 38.1. The van der Waals surface area contributed by atoms with Crippen LogP contribution in [-0.2, 0) is 32.9 Å². The minimum absolute atomic E-state index is 0. The maximum atomic E-state index is 13.5. The normalized spacial score (nSPS) is 11.6. The van der Waals surface area contributed by atoms with E-state index in [2.05, 4.69) is 122 Å². The van der Waals surface area contributed by atoms with Crippen LogP contribution in [-0.4, -0.2) is 18.0 Å². The van der Waals surface area contributed by atoms with Crippen LogP contribution in [0.3, 0.4) is 0 Å². The van der Waals surface area contributed by atoms with Crippen LogP contribution in [0.2, 0.25) is 19.6 Å². The van der Waals surface area contributed by atoms with Crippen molar-refractivity contribution in [2.75, 3.05) is 0 Å². The summed E-state index contributed by atoms with van der Waals surface area (Å²) in [6.45, 7) is 11.4. The zero-order valence-electron chi connectivity index (χ0n) is 31.5. The molecule has 0 atom stereocenters. The Labute approximate surface area is 335 Å². The van der Waals surface area contributed by atoms with Crippen LogP contribution in [0, 0.1) is 23.9 Å². The number of halogens is 1. The van der Waals surface area contributed by atoms with Crippen LogP contribution >= 0.6 is 0 Å². The smallest absolute Gasteiger partial charge is 0.126 e. The van der Waals surface area contributed by atoms with Gasteiger partial charge in [-0.1, -0.05) is 122 Å². The van der Waals surface area contributed by atoms with Crippen LogP contribution in [0.15, 0.2) is 136 Å². The van der Waals surface area contributed by atoms with Crippen molar-refractivity contribution in [2.24, 2.45) is 5.92 Å². The van der Waals surface area contributed by atoms with E-state index in [0.717, 1.165) is 68.1 Å². The Morgan fingerprint density at radius 1 is 0.691 bits per heavy atom. The summed E-state index contributed by atoms with van der Waals surface area (Å²) in [6.07, 6.45) is 5.76. The van der Waals surface area contributed by atoms with Gasteiger partial charge < -0.3 is 18.8 Å². The summed E-state index contributed by atoms with van der Waals surface area (Å²) >= 11 is 0. The Hall–Kier alpha value is -5.20. The number of benzene rings is 5. The number of aromatic nitrogens is 2. The number of furan rings is 2. The summed E-state index contributed by atoms with van der Waals surface area (Å²) in [5.74, 6) is 0.317. The molecule has 4 nitrogen and oxygen atoms in total. The third-order valence-corrected chi connectivity index (χ3v) is 11.8. The number of para-hydroxylation sites is 1. The number of hydrogen-bond donors (Lipinski definition) is 0. The van der Waals surface area contributed by atoms with Gasteiger partial charge in [-0.25, -0.2) is 4.39 Å². The summed E-state index contributed by atoms with van der Waals surface area (Å²) in [5.41, 5.74) is 10.5. The Morgan fingerprint density at radius 3 is 2.25 bits per heavy atom. The molecule has 0 aliphatic carbocycles. The molecule has 55 heavy (non-hydrogen) atoms. The van der Waals surface area contributed by atoms with Gasteiger partial charge in [-0.05, 0) is 58.2 Å². The van der Waals surface area contributed by atoms with E-state index in [1.165, 1.54) is 34.0 Å². The Kier molecular flexibility index (Phi) is 11.0. The molecule has 0 aliphatic heterocycles. The summed E-state index contributed by atoms with van der Waals surface area (Å²) in [5, 5.41) is 5.43. The standard InChI is InChI=1S/C28H24NO.C20H17FNOSi.Ir/c1-19(2)15-21-13-14-29-26(17-21)22-11-12-27-25(18-22)24-10-6-9-23(28(24)30-27)16-20-7-4-3-5-8-20;1-24(2,3)14-8-10-18(22-12-14)17-6-4-5-16-15-9-7-13(21)11-19(15)23-20(16)17;/h3-10,12-14,17-19H,15-16H2,1-2H3;4-5,7-12H,1-3H3;/q2*-1;. The van der Waals surface area contributed by atoms with E-state index in [-0.39, 0.29) is 25.9 Å². The van der Waals surface area contributed by atoms with Crippen molar-refractivity contribution in [3.05, 3.63) is 162 Å². The molecule has 0 N–H and O–H groups in total. The Balaban J connectivity index is 0.000000170. The van der Waals surface area contributed by atoms with Gasteiger partial charge in [0.15, 0.2) is 0 Å². The van der Waals surface area contributed by atoms with Crippen molar-refractivity contribution < 1.29 is 33.3 Å². The van der Waals surface area contributed by atoms with Crippen molar-refractivity contribution in [1.82, 2.24) is 9.97 Å². The molecule has 0 bridgehead atoms. The molecule has 4 heterocycles. The molecule has 0 aliphatic rings. The SMILES string of the molecule is CC(C)Cc1ccnc(-c2[c-]cc3oc4c(Cc5ccccc5)cccc4c3c2)c1.C[Si](C)(C)c1ccc(-c2[c-]ccc3c2oc2cc(F)ccc23)nc1.[Ir]. The fourth-order valence-electron chi connectivity index (χ4n) is 7.01. The first-order valence-corrected chi connectivity index (χ1v) is 21.9. The fraction of sp³-hybridized carbons (Fsp3) is 0.167. The molecule has 0 spiro atoms. The zero-order valence-corrected chi connectivity index (χ0v) is 34.9. The first-order valence-electron chi connectivity index (χ1n) is 18.4. The van der Waals surface area contributed by atoms with Crippen LogP contribution in [0.1, 0.15) is 30.5 Å². The molecule has 7 heteroatoms. The van der Waals surface area contributed by atoms with Gasteiger partial charge in [0.2, 0.25) is 0 Å². The summed E-state index contributed by atoms with van der Waals surface area (Å²) < 4.78 is 25.7. The van der Waals surface area contributed by atoms with Crippen LogP contribution < -0.4 is 5.19 Å². The van der Waals surface area contributed by atoms with E-state index < -0.39 is 8.07 Å². The van der Waals surface area contributed by atoms with E-state index >= 15 is 0 Å². The molecule has 0 saturated heterocycles. The van der Waals surface area contributed by atoms with Crippen molar-refractivity contribution in [3.63, 3.8) is 0 Å². The van der Waals surface area contributed by atoms with E-state index in [1.807, 2.05) is 42.7 Å². The molecule has 9 rings (SSSR count). The minimum atomic E-state index is -1.38. The van der Waals surface area contributed by atoms with Gasteiger partial charge in [0, 0.05) is 55.8 Å². The minimum Gasteiger partial charge on any atom is -0.500 e. The average Bonchev–Trinajstić information content (AvgIpc) is 3.73. The van der Waals surface area contributed by atoms with Crippen molar-refractivity contribution >= 4 is 57.1 Å². The predicted molar refractivity (Wildman–Crippen MR) is 222 cm³/mol. The first-order chi connectivity index (χ1) is 26.1. The topological polar surface area (TPSA) is 52.1 Å². The van der Waals surface area contributed by atoms with Crippen molar-refractivity contribution in [3.8, 4) is 22.5 Å². The largest absolute Gasteiger partial charge is 0.500 e. The van der Waals surface area contributed by atoms with Crippen LogP contribution in [0.4, 0.5) is 4.39 Å². The van der Waals surface area contributed by atoms with Gasteiger partial charge >= 0.3 is 0 Å². The molecule has 277 valence electrons. The van der Waals surface area contributed by atoms with Gasteiger partial charge in [-0.3, -0.25) is 0 Å². The maximum Gasteiger partial charge on any atom is 0.126 e. The molecule has 4 aromatic heterocycles. The zero-order chi connectivity index (χ0) is 37.4. The van der Waals surface area contributed by atoms with Crippen molar-refractivity contribution in [1.29, 1.82) is 0 Å². The second kappa shape index (κ2) is 15.9. The molecule has 0 saturated carbocycles. The van der Waals surface area contributed by atoms with Gasteiger partial charge in [-0.15, -0.1) is 42.0 Å². The third kappa shape index (κ3) is 8.11. The summed E-state index contributed by atoms with van der Waals surface area (Å²) in [4.78, 5) is 9.22. The van der Waals surface area contributed by atoms with Crippen LogP contribution in [0.5, 0.6) is 0 Å². The molecule has 5 aromatic carbocycles. The number of nitrogens with zero attached hydrogens (tertiary/aromatic N) is 2. The average molecular weight is 917 g/mol. The van der Waals surface area contributed by atoms with E-state index in [9.17, 15) is 4.39 Å². The summed E-state index contributed by atoms with van der Waals surface area (Å²) in [7, 11) is -1.38. The van der Waals surface area contributed by atoms with Crippen LogP contribution in [0.25, 0.3) is 66.4 Å². The molecule has 0 unspecified atom stereocenters. The van der Waals surface area contributed by atoms with Gasteiger partial charge in [0.25, 0.3) is 0 Å². The number of fused-ring (bicyclic) bond motifs is 6. The molecule has 1 radical (unpaired) electrons. The maximum absolute atomic E-state index is 13.5. The van der Waals surface area contributed by atoms with Gasteiger partial charge in [0.1, 0.15) is 17.0 Å². The number of pyridine rings is 2. The predicted octanol–water partition coefficient (Wildman–Crippen LogP) is 12.4. The number of rotatable bonds is 7. The van der Waals surface area contributed by atoms with Gasteiger partial charge in [0.05, 0.1) is 19.2 Å². The molecule has 9 aromatic rings. The fourth-order valence-corrected chi connectivity index (χ4v) is 8.05. The Bertz CT molecular complexity index is 2750. The van der Waals surface area contributed by atoms with E-state index in [0.29, 0.717) is 17.1 Å². The van der Waals surface area contributed by atoms with Crippen molar-refractivity contribution in [2.45, 2.75) is 46.3 Å². The molecule has 0 amide bonds. The van der Waals surface area contributed by atoms with E-state index in [4.69, 9.17) is 8.83 Å². The monoisotopic (exact) mass is 917 g/mol. The van der Waals surface area contributed by atoms with E-state index in [1.54, 1.807) is 6.07 Å². The van der Waals surface area contributed by atoms with Gasteiger partial charge in [-0.2, -0.15) is 0 Å². The molecular weight excluding hydrogens is 876 g/mol. The number of hydrogen-bond acceptors (Lipinski definition) is 4. The third-order valence-electron chi connectivity index (χ3n) is 9.77. The second-order valence-electron chi connectivity index (χ2n) is 15.4. The molecule has 0 fully saturated rings. The summed E-state index contributed by atoms with van der Waals surface area (Å²) in [6, 6.07) is 44.5. The Morgan fingerprint density at radius 2 is 1.49 bits per heavy atom.